The zero-order valence-electron chi connectivity index (χ0n) is 17.4. The molecule has 0 aliphatic carbocycles. The lowest BCUT2D eigenvalue weighted by Crippen LogP contribution is -2.43. The maximum absolute atomic E-state index is 12.5. The van der Waals surface area contributed by atoms with Gasteiger partial charge in [0.2, 0.25) is 11.8 Å². The van der Waals surface area contributed by atoms with Crippen molar-refractivity contribution in [2.75, 3.05) is 32.1 Å². The molecule has 1 saturated heterocycles. The monoisotopic (exact) mass is 411 g/mol. The summed E-state index contributed by atoms with van der Waals surface area (Å²) in [4.78, 5) is 27.0. The summed E-state index contributed by atoms with van der Waals surface area (Å²) in [7, 11) is 1.62. The topological polar surface area (TPSA) is 90.9 Å². The van der Waals surface area contributed by atoms with E-state index in [1.165, 1.54) is 0 Å². The minimum atomic E-state index is -0.157. The molecule has 2 amide bonds. The summed E-state index contributed by atoms with van der Waals surface area (Å²) in [6, 6.07) is 14.2. The highest BCUT2D eigenvalue weighted by molar-refractivity contribution is 5.93. The highest BCUT2D eigenvalue weighted by Crippen LogP contribution is 2.26. The van der Waals surface area contributed by atoms with Crippen LogP contribution in [0.1, 0.15) is 31.4 Å². The number of anilines is 1. The molecule has 7 nitrogen and oxygen atoms in total. The minimum absolute atomic E-state index is 0.0504. The third-order valence-electron chi connectivity index (χ3n) is 5.47. The molecule has 2 aromatic carbocycles. The van der Waals surface area contributed by atoms with Crippen molar-refractivity contribution in [3.8, 4) is 11.5 Å². The lowest BCUT2D eigenvalue weighted by Gasteiger charge is -2.31. The second-order valence-corrected chi connectivity index (χ2v) is 7.59. The maximum atomic E-state index is 12.5. The van der Waals surface area contributed by atoms with Crippen molar-refractivity contribution < 1.29 is 19.4 Å². The second kappa shape index (κ2) is 10.1. The third kappa shape index (κ3) is 5.51. The van der Waals surface area contributed by atoms with Gasteiger partial charge in [-0.25, -0.2) is 0 Å². The van der Waals surface area contributed by atoms with Gasteiger partial charge in [-0.05, 0) is 51.1 Å². The molecule has 0 bridgehead atoms. The Morgan fingerprint density at radius 3 is 2.50 bits per heavy atom. The van der Waals surface area contributed by atoms with E-state index < -0.39 is 0 Å². The van der Waals surface area contributed by atoms with E-state index in [1.54, 1.807) is 31.4 Å². The molecular formula is C23H29N3O4. The van der Waals surface area contributed by atoms with Crippen LogP contribution in [-0.2, 0) is 9.59 Å². The van der Waals surface area contributed by atoms with Crippen LogP contribution in [0, 0.1) is 5.92 Å². The number of likely N-dealkylation sites (tertiary alicyclic amines) is 1. The van der Waals surface area contributed by atoms with Gasteiger partial charge in [-0.1, -0.05) is 30.3 Å². The zero-order valence-corrected chi connectivity index (χ0v) is 17.4. The molecule has 1 aliphatic heterocycles. The van der Waals surface area contributed by atoms with E-state index in [0.29, 0.717) is 38.2 Å². The molecule has 1 fully saturated rings. The van der Waals surface area contributed by atoms with Crippen LogP contribution in [0.25, 0.3) is 0 Å². The number of hydrogen-bond acceptors (Lipinski definition) is 5. The number of methoxy groups -OCH3 is 1. The number of phenols is 1. The standard InChI is InChI=1S/C23H29N3O4/c1-16(18-7-3-6-10-21(18)30-2)24-22(28)15-26-13-11-17(12-14-26)23(29)25-19-8-4-5-9-20(19)27/h3-10,16-17,27H,11-15H2,1-2H3,(H,24,28)(H,25,29)/t16-/m1/s1. The maximum Gasteiger partial charge on any atom is 0.234 e. The van der Waals surface area contributed by atoms with E-state index in [-0.39, 0.29) is 29.5 Å². The van der Waals surface area contributed by atoms with Gasteiger partial charge < -0.3 is 20.5 Å². The molecule has 0 spiro atoms. The number of phenolic OH excluding ortho intramolecular Hbond substituents is 1. The highest BCUT2D eigenvalue weighted by Gasteiger charge is 2.26. The molecule has 3 rings (SSSR count). The average molecular weight is 412 g/mol. The van der Waals surface area contributed by atoms with E-state index in [1.807, 2.05) is 31.2 Å². The first-order valence-electron chi connectivity index (χ1n) is 10.2. The molecular weight excluding hydrogens is 382 g/mol. The molecule has 30 heavy (non-hydrogen) atoms. The van der Waals surface area contributed by atoms with Gasteiger partial charge in [0.15, 0.2) is 0 Å². The summed E-state index contributed by atoms with van der Waals surface area (Å²) in [6.45, 7) is 3.59. The number of aromatic hydroxyl groups is 1. The van der Waals surface area contributed by atoms with Crippen LogP contribution in [0.3, 0.4) is 0 Å². The molecule has 1 heterocycles. The number of rotatable bonds is 7. The fourth-order valence-electron chi connectivity index (χ4n) is 3.76. The minimum Gasteiger partial charge on any atom is -0.506 e. The first-order valence-corrected chi connectivity index (χ1v) is 10.2. The highest BCUT2D eigenvalue weighted by atomic mass is 16.5. The van der Waals surface area contributed by atoms with Gasteiger partial charge in [0.25, 0.3) is 0 Å². The SMILES string of the molecule is COc1ccccc1[C@@H](C)NC(=O)CN1CCC(C(=O)Nc2ccccc2O)CC1. The normalized spacial score (nSPS) is 15.9. The molecule has 3 N–H and O–H groups in total. The van der Waals surface area contributed by atoms with Crippen molar-refractivity contribution in [1.29, 1.82) is 0 Å². The first-order chi connectivity index (χ1) is 14.5. The number of benzene rings is 2. The van der Waals surface area contributed by atoms with Gasteiger partial charge in [0, 0.05) is 11.5 Å². The van der Waals surface area contributed by atoms with Crippen LogP contribution in [0.5, 0.6) is 11.5 Å². The van der Waals surface area contributed by atoms with Crippen molar-refractivity contribution in [3.63, 3.8) is 0 Å². The fraction of sp³-hybridized carbons (Fsp3) is 0.391. The van der Waals surface area contributed by atoms with E-state index >= 15 is 0 Å². The van der Waals surface area contributed by atoms with Gasteiger partial charge in [-0.3, -0.25) is 14.5 Å². The van der Waals surface area contributed by atoms with Gasteiger partial charge in [-0.15, -0.1) is 0 Å². The Hall–Kier alpha value is -3.06. The van der Waals surface area contributed by atoms with Gasteiger partial charge in [-0.2, -0.15) is 0 Å². The number of carbonyl (C=O) groups excluding carboxylic acids is 2. The quantitative estimate of drug-likeness (QED) is 0.610. The molecule has 160 valence electrons. The summed E-state index contributed by atoms with van der Waals surface area (Å²) in [5.41, 5.74) is 1.36. The molecule has 0 aromatic heterocycles. The smallest absolute Gasteiger partial charge is 0.234 e. The van der Waals surface area contributed by atoms with Crippen LogP contribution in [0.4, 0.5) is 5.69 Å². The van der Waals surface area contributed by atoms with Gasteiger partial charge >= 0.3 is 0 Å². The van der Waals surface area contributed by atoms with Crippen molar-refractivity contribution >= 4 is 17.5 Å². The Morgan fingerprint density at radius 2 is 1.80 bits per heavy atom. The average Bonchev–Trinajstić information content (AvgIpc) is 2.75. The first kappa shape index (κ1) is 21.6. The van der Waals surface area contributed by atoms with Crippen LogP contribution in [0.15, 0.2) is 48.5 Å². The van der Waals surface area contributed by atoms with Crippen molar-refractivity contribution in [2.24, 2.45) is 5.92 Å². The van der Waals surface area contributed by atoms with Gasteiger partial charge in [0.05, 0.1) is 25.4 Å². The number of hydrogen-bond donors (Lipinski definition) is 3. The Balaban J connectivity index is 1.45. The predicted molar refractivity (Wildman–Crippen MR) is 115 cm³/mol. The molecule has 0 radical (unpaired) electrons. The summed E-state index contributed by atoms with van der Waals surface area (Å²) in [6.07, 6.45) is 1.35. The number of piperidine rings is 1. The number of nitrogens with one attached hydrogen (secondary N) is 2. The number of ether oxygens (including phenoxy) is 1. The number of amides is 2. The lowest BCUT2D eigenvalue weighted by atomic mass is 9.95. The molecule has 0 saturated carbocycles. The summed E-state index contributed by atoms with van der Waals surface area (Å²) < 4.78 is 5.37. The fourth-order valence-corrected chi connectivity index (χ4v) is 3.76. The van der Waals surface area contributed by atoms with Crippen molar-refractivity contribution in [1.82, 2.24) is 10.2 Å². The van der Waals surface area contributed by atoms with Crippen LogP contribution in [-0.4, -0.2) is 48.6 Å². The van der Waals surface area contributed by atoms with E-state index in [2.05, 4.69) is 15.5 Å². The number of nitrogens with zero attached hydrogens (tertiary/aromatic N) is 1. The van der Waals surface area contributed by atoms with Crippen LogP contribution < -0.4 is 15.4 Å². The molecule has 2 aromatic rings. The third-order valence-corrected chi connectivity index (χ3v) is 5.47. The number of carbonyl (C=O) groups is 2. The van der Waals surface area contributed by atoms with Crippen LogP contribution >= 0.6 is 0 Å². The Bertz CT molecular complexity index is 878. The zero-order chi connectivity index (χ0) is 21.5. The summed E-state index contributed by atoms with van der Waals surface area (Å²) >= 11 is 0. The van der Waals surface area contributed by atoms with E-state index in [9.17, 15) is 14.7 Å². The second-order valence-electron chi connectivity index (χ2n) is 7.59. The van der Waals surface area contributed by atoms with E-state index in [4.69, 9.17) is 4.74 Å². The molecule has 1 aliphatic rings. The van der Waals surface area contributed by atoms with Crippen LogP contribution in [0.2, 0.25) is 0 Å². The van der Waals surface area contributed by atoms with Crippen molar-refractivity contribution in [2.45, 2.75) is 25.8 Å². The summed E-state index contributed by atoms with van der Waals surface area (Å²) in [5, 5.41) is 15.6. The Kier molecular flexibility index (Phi) is 7.30. The Labute approximate surface area is 177 Å². The Morgan fingerprint density at radius 1 is 1.13 bits per heavy atom. The van der Waals surface area contributed by atoms with E-state index in [0.717, 1.165) is 11.3 Å². The molecule has 7 heteroatoms. The number of para-hydroxylation sites is 3. The van der Waals surface area contributed by atoms with Crippen molar-refractivity contribution in [3.05, 3.63) is 54.1 Å². The molecule has 0 unspecified atom stereocenters. The lowest BCUT2D eigenvalue weighted by molar-refractivity contribution is -0.124. The molecule has 1 atom stereocenters. The van der Waals surface area contributed by atoms with Gasteiger partial charge in [0.1, 0.15) is 11.5 Å². The predicted octanol–water partition coefficient (Wildman–Crippen LogP) is 2.93. The largest absolute Gasteiger partial charge is 0.506 e. The summed E-state index contributed by atoms with van der Waals surface area (Å²) in [5.74, 6) is 0.540.